The SMILES string of the molecule is O=C(O)c1nnn(CCCCOc2ccccc2)c1C1CC1. The molecule has 6 nitrogen and oxygen atoms in total. The Balaban J connectivity index is 1.49. The van der Waals surface area contributed by atoms with E-state index in [0.717, 1.165) is 37.1 Å². The Morgan fingerprint density at radius 1 is 1.27 bits per heavy atom. The van der Waals surface area contributed by atoms with Crippen LogP contribution in [0.2, 0.25) is 0 Å². The maximum absolute atomic E-state index is 11.2. The number of hydrogen-bond acceptors (Lipinski definition) is 4. The average Bonchev–Trinajstić information content (AvgIpc) is 3.27. The smallest absolute Gasteiger partial charge is 0.358 e. The second-order valence-corrected chi connectivity index (χ2v) is 5.49. The van der Waals surface area contributed by atoms with Gasteiger partial charge >= 0.3 is 5.97 Å². The molecule has 1 aliphatic rings. The fourth-order valence-corrected chi connectivity index (χ4v) is 2.47. The molecular formula is C16H19N3O3. The van der Waals surface area contributed by atoms with Crippen LogP contribution in [0.4, 0.5) is 0 Å². The van der Waals surface area contributed by atoms with Gasteiger partial charge in [0.15, 0.2) is 5.69 Å². The first-order chi connectivity index (χ1) is 10.8. The molecule has 1 saturated carbocycles. The van der Waals surface area contributed by atoms with E-state index in [1.54, 1.807) is 4.68 Å². The van der Waals surface area contributed by atoms with Crippen molar-refractivity contribution in [1.82, 2.24) is 15.0 Å². The van der Waals surface area contributed by atoms with Crippen LogP contribution < -0.4 is 4.74 Å². The number of carbonyl (C=O) groups is 1. The number of para-hydroxylation sites is 1. The molecule has 1 N–H and O–H groups in total. The molecule has 1 heterocycles. The molecule has 0 aliphatic heterocycles. The van der Waals surface area contributed by atoms with Crippen LogP contribution in [-0.4, -0.2) is 32.7 Å². The third kappa shape index (κ3) is 3.44. The Kier molecular flexibility index (Phi) is 4.37. The Bertz CT molecular complexity index is 635. The lowest BCUT2D eigenvalue weighted by atomic mass is 10.2. The van der Waals surface area contributed by atoms with E-state index in [9.17, 15) is 4.79 Å². The van der Waals surface area contributed by atoms with Crippen molar-refractivity contribution in [3.05, 3.63) is 41.7 Å². The summed E-state index contributed by atoms with van der Waals surface area (Å²) < 4.78 is 7.39. The number of hydrogen-bond donors (Lipinski definition) is 1. The topological polar surface area (TPSA) is 77.2 Å². The fraction of sp³-hybridized carbons (Fsp3) is 0.438. The predicted octanol–water partition coefficient (Wildman–Crippen LogP) is 2.71. The third-order valence-electron chi connectivity index (χ3n) is 3.72. The minimum absolute atomic E-state index is 0.114. The van der Waals surface area contributed by atoms with Crippen molar-refractivity contribution >= 4 is 5.97 Å². The maximum atomic E-state index is 11.2. The van der Waals surface area contributed by atoms with E-state index >= 15 is 0 Å². The van der Waals surface area contributed by atoms with Gasteiger partial charge in [-0.15, -0.1) is 5.10 Å². The van der Waals surface area contributed by atoms with Gasteiger partial charge in [-0.05, 0) is 37.8 Å². The first-order valence-electron chi connectivity index (χ1n) is 7.60. The van der Waals surface area contributed by atoms with Crippen molar-refractivity contribution in [2.45, 2.75) is 38.1 Å². The summed E-state index contributed by atoms with van der Waals surface area (Å²) in [4.78, 5) is 11.2. The molecule has 0 radical (unpaired) electrons. The Hall–Kier alpha value is -2.37. The van der Waals surface area contributed by atoms with E-state index in [0.29, 0.717) is 19.1 Å². The fourth-order valence-electron chi connectivity index (χ4n) is 2.47. The second kappa shape index (κ2) is 6.60. The normalized spacial score (nSPS) is 14.0. The van der Waals surface area contributed by atoms with E-state index in [-0.39, 0.29) is 5.69 Å². The van der Waals surface area contributed by atoms with E-state index in [4.69, 9.17) is 9.84 Å². The standard InChI is InChI=1S/C16H19N3O3/c20-16(21)14-15(12-8-9-12)19(18-17-14)10-4-5-11-22-13-6-2-1-3-7-13/h1-3,6-7,12H,4-5,8-11H2,(H,20,21). The number of carboxylic acids is 1. The summed E-state index contributed by atoms with van der Waals surface area (Å²) in [5.41, 5.74) is 0.902. The zero-order valence-electron chi connectivity index (χ0n) is 12.3. The molecule has 1 aliphatic carbocycles. The molecule has 0 unspecified atom stereocenters. The molecule has 0 bridgehead atoms. The summed E-state index contributed by atoms with van der Waals surface area (Å²) in [7, 11) is 0. The number of aromatic carboxylic acids is 1. The van der Waals surface area contributed by atoms with Gasteiger partial charge < -0.3 is 9.84 Å². The summed E-state index contributed by atoms with van der Waals surface area (Å²) in [6.07, 6.45) is 3.84. The van der Waals surface area contributed by atoms with Crippen LogP contribution in [0, 0.1) is 0 Å². The van der Waals surface area contributed by atoms with Crippen molar-refractivity contribution < 1.29 is 14.6 Å². The van der Waals surface area contributed by atoms with Crippen molar-refractivity contribution in [2.75, 3.05) is 6.61 Å². The van der Waals surface area contributed by atoms with Gasteiger partial charge in [-0.1, -0.05) is 23.4 Å². The summed E-state index contributed by atoms with van der Waals surface area (Å²) in [5, 5.41) is 17.0. The number of aromatic nitrogens is 3. The summed E-state index contributed by atoms with van der Waals surface area (Å²) in [5.74, 6) is 0.206. The minimum atomic E-state index is -0.986. The zero-order valence-corrected chi connectivity index (χ0v) is 12.3. The predicted molar refractivity (Wildman–Crippen MR) is 80.1 cm³/mol. The molecule has 1 aromatic heterocycles. The van der Waals surface area contributed by atoms with E-state index in [2.05, 4.69) is 10.3 Å². The van der Waals surface area contributed by atoms with Gasteiger partial charge in [0.25, 0.3) is 0 Å². The highest BCUT2D eigenvalue weighted by Gasteiger charge is 2.33. The largest absolute Gasteiger partial charge is 0.494 e. The Morgan fingerprint density at radius 2 is 2.05 bits per heavy atom. The van der Waals surface area contributed by atoms with Crippen LogP contribution in [0.3, 0.4) is 0 Å². The van der Waals surface area contributed by atoms with Gasteiger partial charge in [-0.3, -0.25) is 0 Å². The third-order valence-corrected chi connectivity index (χ3v) is 3.72. The van der Waals surface area contributed by atoms with Crippen molar-refractivity contribution in [3.63, 3.8) is 0 Å². The molecule has 1 aromatic carbocycles. The molecule has 22 heavy (non-hydrogen) atoms. The molecule has 0 saturated heterocycles. The van der Waals surface area contributed by atoms with Gasteiger partial charge in [0.1, 0.15) is 5.75 Å². The first kappa shape index (κ1) is 14.6. The monoisotopic (exact) mass is 301 g/mol. The van der Waals surface area contributed by atoms with Gasteiger partial charge in [-0.2, -0.15) is 0 Å². The maximum Gasteiger partial charge on any atom is 0.358 e. The van der Waals surface area contributed by atoms with Crippen LogP contribution in [0.15, 0.2) is 30.3 Å². The van der Waals surface area contributed by atoms with E-state index in [1.807, 2.05) is 30.3 Å². The number of rotatable bonds is 8. The van der Waals surface area contributed by atoms with E-state index < -0.39 is 5.97 Å². The van der Waals surface area contributed by atoms with Crippen molar-refractivity contribution in [2.24, 2.45) is 0 Å². The summed E-state index contributed by atoms with van der Waals surface area (Å²) in [6.45, 7) is 1.33. The van der Waals surface area contributed by atoms with Crippen LogP contribution in [-0.2, 0) is 6.54 Å². The van der Waals surface area contributed by atoms with Gasteiger partial charge in [0.05, 0.1) is 12.3 Å². The van der Waals surface area contributed by atoms with Crippen molar-refractivity contribution in [3.8, 4) is 5.75 Å². The van der Waals surface area contributed by atoms with Gasteiger partial charge in [0, 0.05) is 12.5 Å². The molecule has 1 fully saturated rings. The van der Waals surface area contributed by atoms with Crippen molar-refractivity contribution in [1.29, 1.82) is 0 Å². The van der Waals surface area contributed by atoms with Gasteiger partial charge in [-0.25, -0.2) is 9.48 Å². The highest BCUT2D eigenvalue weighted by molar-refractivity contribution is 5.86. The van der Waals surface area contributed by atoms with Crippen LogP contribution in [0.5, 0.6) is 5.75 Å². The molecular weight excluding hydrogens is 282 g/mol. The Morgan fingerprint density at radius 3 is 2.73 bits per heavy atom. The molecule has 116 valence electrons. The molecule has 0 amide bonds. The van der Waals surface area contributed by atoms with E-state index in [1.165, 1.54) is 0 Å². The molecule has 6 heteroatoms. The number of unbranched alkanes of at least 4 members (excludes halogenated alkanes) is 1. The molecule has 0 spiro atoms. The second-order valence-electron chi connectivity index (χ2n) is 5.49. The highest BCUT2D eigenvalue weighted by atomic mass is 16.5. The highest BCUT2D eigenvalue weighted by Crippen LogP contribution is 2.41. The quantitative estimate of drug-likeness (QED) is 0.759. The molecule has 2 aromatic rings. The van der Waals surface area contributed by atoms with Gasteiger partial charge in [0.2, 0.25) is 0 Å². The van der Waals surface area contributed by atoms with Crippen LogP contribution >= 0.6 is 0 Å². The zero-order chi connectivity index (χ0) is 15.4. The minimum Gasteiger partial charge on any atom is -0.494 e. The number of aryl methyl sites for hydroxylation is 1. The lowest BCUT2D eigenvalue weighted by Gasteiger charge is -2.07. The number of ether oxygens (including phenoxy) is 1. The summed E-state index contributed by atoms with van der Waals surface area (Å²) in [6, 6.07) is 9.71. The summed E-state index contributed by atoms with van der Waals surface area (Å²) >= 11 is 0. The van der Waals surface area contributed by atoms with Crippen LogP contribution in [0.25, 0.3) is 0 Å². The Labute approximate surface area is 128 Å². The average molecular weight is 301 g/mol. The lowest BCUT2D eigenvalue weighted by Crippen LogP contribution is -2.09. The lowest BCUT2D eigenvalue weighted by molar-refractivity contribution is 0.0689. The van der Waals surface area contributed by atoms with Crippen LogP contribution in [0.1, 0.15) is 47.8 Å². The number of nitrogens with zero attached hydrogens (tertiary/aromatic N) is 3. The molecule has 0 atom stereocenters. The number of benzene rings is 1. The number of carboxylic acid groups (broad SMARTS) is 1. The molecule has 3 rings (SSSR count). The first-order valence-corrected chi connectivity index (χ1v) is 7.60.